The third kappa shape index (κ3) is 2.73. The Labute approximate surface area is 110 Å². The van der Waals surface area contributed by atoms with Crippen LogP contribution in [0.25, 0.3) is 0 Å². The number of ether oxygens (including phenoxy) is 1. The molecule has 19 heavy (non-hydrogen) atoms. The third-order valence-corrected chi connectivity index (χ3v) is 2.94. The zero-order valence-electron chi connectivity index (χ0n) is 10.3. The predicted molar refractivity (Wildman–Crippen MR) is 66.9 cm³/mol. The number of amides is 1. The molecule has 100 valence electrons. The molecule has 2 heterocycles. The quantitative estimate of drug-likeness (QED) is 0.834. The van der Waals surface area contributed by atoms with E-state index in [0.717, 1.165) is 5.56 Å². The van der Waals surface area contributed by atoms with Crippen LogP contribution < -0.4 is 0 Å². The Bertz CT molecular complexity index is 527. The van der Waals surface area contributed by atoms with Gasteiger partial charge in [-0.05, 0) is 18.1 Å². The van der Waals surface area contributed by atoms with Crippen molar-refractivity contribution >= 4 is 12.1 Å². The second-order valence-corrected chi connectivity index (χ2v) is 4.14. The fourth-order valence-electron chi connectivity index (χ4n) is 2.03. The topological polar surface area (TPSA) is 79.7 Å². The normalized spacial score (nSPS) is 13.6. The molecule has 0 aromatic carbocycles. The number of carbonyl (C=O) groups excluding carboxylic acids is 1. The van der Waals surface area contributed by atoms with Crippen LogP contribution in [-0.4, -0.2) is 40.2 Å². The maximum absolute atomic E-state index is 11.7. The van der Waals surface area contributed by atoms with E-state index in [1.165, 1.54) is 17.2 Å². The summed E-state index contributed by atoms with van der Waals surface area (Å²) in [4.78, 5) is 28.2. The number of fused-ring (bicyclic) bond motifs is 1. The molecule has 0 saturated heterocycles. The van der Waals surface area contributed by atoms with Gasteiger partial charge in [-0.2, -0.15) is 0 Å². The van der Waals surface area contributed by atoms with Crippen LogP contribution in [0, 0.1) is 0 Å². The average Bonchev–Trinajstić information content (AvgIpc) is 2.43. The van der Waals surface area contributed by atoms with Crippen LogP contribution in [0.2, 0.25) is 0 Å². The zero-order chi connectivity index (χ0) is 13.8. The van der Waals surface area contributed by atoms with Crippen LogP contribution in [0.15, 0.2) is 24.9 Å². The highest BCUT2D eigenvalue weighted by molar-refractivity contribution is 5.87. The van der Waals surface area contributed by atoms with Crippen LogP contribution in [0.1, 0.15) is 21.6 Å². The van der Waals surface area contributed by atoms with Crippen molar-refractivity contribution < 1.29 is 19.4 Å². The monoisotopic (exact) mass is 262 g/mol. The van der Waals surface area contributed by atoms with E-state index in [1.807, 2.05) is 0 Å². The van der Waals surface area contributed by atoms with Crippen molar-refractivity contribution in [2.24, 2.45) is 0 Å². The second-order valence-electron chi connectivity index (χ2n) is 4.14. The van der Waals surface area contributed by atoms with E-state index >= 15 is 0 Å². The molecule has 0 aliphatic carbocycles. The van der Waals surface area contributed by atoms with Gasteiger partial charge in [0.2, 0.25) is 0 Å². The largest absolute Gasteiger partial charge is 0.477 e. The average molecular weight is 262 g/mol. The summed E-state index contributed by atoms with van der Waals surface area (Å²) >= 11 is 0. The Balaban J connectivity index is 2.20. The van der Waals surface area contributed by atoms with Crippen LogP contribution in [0.4, 0.5) is 4.79 Å². The fraction of sp³-hybridized carbons (Fsp3) is 0.308. The molecule has 1 N–H and O–H groups in total. The summed E-state index contributed by atoms with van der Waals surface area (Å²) in [6.07, 6.45) is 3.10. The molecule has 0 unspecified atom stereocenters. The van der Waals surface area contributed by atoms with Gasteiger partial charge in [-0.25, -0.2) is 14.6 Å². The highest BCUT2D eigenvalue weighted by Gasteiger charge is 2.26. The number of carbonyl (C=O) groups is 2. The van der Waals surface area contributed by atoms with E-state index in [-0.39, 0.29) is 18.8 Å². The molecule has 1 aromatic rings. The van der Waals surface area contributed by atoms with Gasteiger partial charge in [0.25, 0.3) is 0 Å². The number of aromatic carboxylic acids is 1. The van der Waals surface area contributed by atoms with E-state index in [4.69, 9.17) is 9.84 Å². The molecule has 0 atom stereocenters. The van der Waals surface area contributed by atoms with Gasteiger partial charge < -0.3 is 14.7 Å². The maximum atomic E-state index is 11.7. The Hall–Kier alpha value is -2.37. The van der Waals surface area contributed by atoms with Gasteiger partial charge in [0.15, 0.2) is 5.69 Å². The van der Waals surface area contributed by atoms with Crippen molar-refractivity contribution in [2.75, 3.05) is 13.2 Å². The van der Waals surface area contributed by atoms with Gasteiger partial charge in [0.1, 0.15) is 6.61 Å². The first kappa shape index (κ1) is 13.1. The van der Waals surface area contributed by atoms with E-state index < -0.39 is 12.1 Å². The fourth-order valence-corrected chi connectivity index (χ4v) is 2.03. The number of carboxylic acid groups (broad SMARTS) is 1. The predicted octanol–water partition coefficient (Wildman–Crippen LogP) is 1.46. The molecule has 1 aliphatic heterocycles. The lowest BCUT2D eigenvalue weighted by molar-refractivity contribution is 0.0683. The van der Waals surface area contributed by atoms with E-state index in [1.54, 1.807) is 6.07 Å². The number of aromatic nitrogens is 1. The van der Waals surface area contributed by atoms with Gasteiger partial charge in [-0.3, -0.25) is 0 Å². The number of carboxylic acids is 1. The molecule has 1 amide bonds. The minimum atomic E-state index is -1.09. The molecule has 2 rings (SSSR count). The highest BCUT2D eigenvalue weighted by Crippen LogP contribution is 2.21. The van der Waals surface area contributed by atoms with E-state index in [9.17, 15) is 9.59 Å². The highest BCUT2D eigenvalue weighted by atomic mass is 16.6. The summed E-state index contributed by atoms with van der Waals surface area (Å²) in [5, 5.41) is 9.10. The summed E-state index contributed by atoms with van der Waals surface area (Å²) in [5.74, 6) is -1.09. The van der Waals surface area contributed by atoms with Crippen LogP contribution in [-0.2, 0) is 17.7 Å². The number of rotatable bonds is 3. The Morgan fingerprint density at radius 3 is 3.05 bits per heavy atom. The van der Waals surface area contributed by atoms with E-state index in [0.29, 0.717) is 18.5 Å². The molecule has 1 aliphatic rings. The summed E-state index contributed by atoms with van der Waals surface area (Å²) in [5.41, 5.74) is 1.50. The summed E-state index contributed by atoms with van der Waals surface area (Å²) in [6.45, 7) is 4.32. The van der Waals surface area contributed by atoms with Crippen molar-refractivity contribution in [3.63, 3.8) is 0 Å². The molecule has 6 heteroatoms. The van der Waals surface area contributed by atoms with Gasteiger partial charge in [0, 0.05) is 18.3 Å². The van der Waals surface area contributed by atoms with E-state index in [2.05, 4.69) is 11.6 Å². The smallest absolute Gasteiger partial charge is 0.410 e. The molecular weight excluding hydrogens is 248 g/mol. The SMILES string of the molecule is C=CCOC(=O)N1CCc2ccnc(C(=O)O)c2C1. The first-order valence-corrected chi connectivity index (χ1v) is 5.86. The molecule has 0 fully saturated rings. The van der Waals surface area contributed by atoms with Crippen LogP contribution >= 0.6 is 0 Å². The van der Waals surface area contributed by atoms with Crippen molar-refractivity contribution in [2.45, 2.75) is 13.0 Å². The summed E-state index contributed by atoms with van der Waals surface area (Å²) < 4.78 is 4.95. The molecular formula is C13H14N2O4. The minimum Gasteiger partial charge on any atom is -0.477 e. The van der Waals surface area contributed by atoms with Gasteiger partial charge >= 0.3 is 12.1 Å². The number of pyridine rings is 1. The third-order valence-electron chi connectivity index (χ3n) is 2.94. The number of nitrogens with zero attached hydrogens (tertiary/aromatic N) is 2. The maximum Gasteiger partial charge on any atom is 0.410 e. The van der Waals surface area contributed by atoms with Crippen LogP contribution in [0.5, 0.6) is 0 Å². The first-order valence-electron chi connectivity index (χ1n) is 5.86. The Kier molecular flexibility index (Phi) is 3.79. The lowest BCUT2D eigenvalue weighted by Gasteiger charge is -2.28. The zero-order valence-corrected chi connectivity index (χ0v) is 10.3. The lowest BCUT2D eigenvalue weighted by atomic mass is 9.99. The molecule has 0 bridgehead atoms. The first-order chi connectivity index (χ1) is 9.13. The number of hydrogen-bond acceptors (Lipinski definition) is 4. The summed E-state index contributed by atoms with van der Waals surface area (Å²) in [6, 6.07) is 1.79. The molecule has 0 radical (unpaired) electrons. The van der Waals surface area contributed by atoms with Crippen molar-refractivity contribution in [1.82, 2.24) is 9.88 Å². The van der Waals surface area contributed by atoms with Crippen molar-refractivity contribution in [3.05, 3.63) is 41.7 Å². The second kappa shape index (κ2) is 5.51. The molecule has 0 spiro atoms. The standard InChI is InChI=1S/C13H14N2O4/c1-2-7-19-13(18)15-6-4-9-3-5-14-11(12(16)17)10(9)8-15/h2-3,5H,1,4,6-8H2,(H,16,17). The molecule has 0 saturated carbocycles. The van der Waals surface area contributed by atoms with Crippen LogP contribution in [0.3, 0.4) is 0 Å². The van der Waals surface area contributed by atoms with Gasteiger partial charge in [0.05, 0.1) is 6.54 Å². The van der Waals surface area contributed by atoms with Gasteiger partial charge in [-0.15, -0.1) is 0 Å². The van der Waals surface area contributed by atoms with Crippen molar-refractivity contribution in [1.29, 1.82) is 0 Å². The summed E-state index contributed by atoms with van der Waals surface area (Å²) in [7, 11) is 0. The Morgan fingerprint density at radius 2 is 2.37 bits per heavy atom. The molecule has 1 aromatic heterocycles. The van der Waals surface area contributed by atoms with Gasteiger partial charge in [-0.1, -0.05) is 12.7 Å². The van der Waals surface area contributed by atoms with Crippen molar-refractivity contribution in [3.8, 4) is 0 Å². The minimum absolute atomic E-state index is 0.00118. The number of hydrogen-bond donors (Lipinski definition) is 1. The molecule has 6 nitrogen and oxygen atoms in total. The lowest BCUT2D eigenvalue weighted by Crippen LogP contribution is -2.37. The Morgan fingerprint density at radius 1 is 1.58 bits per heavy atom.